The van der Waals surface area contributed by atoms with Gasteiger partial charge in [-0.05, 0) is 31.4 Å². The molecule has 1 N–H and O–H groups in total. The minimum absolute atomic E-state index is 0.0502. The molecule has 1 aromatic carbocycles. The molecule has 8 heteroatoms. The van der Waals surface area contributed by atoms with Crippen molar-refractivity contribution in [1.82, 2.24) is 0 Å². The highest BCUT2D eigenvalue weighted by atomic mass is 19.4. The first-order valence-electron chi connectivity index (χ1n) is 6.54. The molecule has 0 heterocycles. The van der Waals surface area contributed by atoms with Gasteiger partial charge in [0, 0.05) is 6.04 Å². The van der Waals surface area contributed by atoms with Crippen LogP contribution >= 0.6 is 0 Å². The van der Waals surface area contributed by atoms with Crippen LogP contribution in [0.5, 0.6) is 0 Å². The first-order chi connectivity index (χ1) is 9.77. The standard InChI is InChI=1S/C13H14F4N2O2/c14-9-4-5-11(12(7-9)19(20)21)18-10-3-1-2-8(6-10)13(15,16)17/h4-5,7-8,10,18H,1-3,6H2. The van der Waals surface area contributed by atoms with Gasteiger partial charge in [0.15, 0.2) is 0 Å². The molecule has 0 aromatic heterocycles. The SMILES string of the molecule is O=[N+]([O-])c1cc(F)ccc1NC1CCCC(C(F)(F)F)C1. The second-order valence-electron chi connectivity index (χ2n) is 5.16. The highest BCUT2D eigenvalue weighted by Crippen LogP contribution is 2.39. The fourth-order valence-electron chi connectivity index (χ4n) is 2.62. The predicted molar refractivity (Wildman–Crippen MR) is 68.5 cm³/mol. The van der Waals surface area contributed by atoms with Crippen LogP contribution in [0.2, 0.25) is 0 Å². The van der Waals surface area contributed by atoms with E-state index in [4.69, 9.17) is 0 Å². The van der Waals surface area contributed by atoms with Crippen molar-refractivity contribution in [3.63, 3.8) is 0 Å². The number of benzene rings is 1. The van der Waals surface area contributed by atoms with Crippen molar-refractivity contribution in [3.05, 3.63) is 34.1 Å². The molecule has 0 amide bonds. The molecule has 2 atom stereocenters. The largest absolute Gasteiger partial charge is 0.391 e. The Morgan fingerprint density at radius 1 is 1.29 bits per heavy atom. The second kappa shape index (κ2) is 5.87. The van der Waals surface area contributed by atoms with Crippen molar-refractivity contribution >= 4 is 11.4 Å². The number of anilines is 1. The zero-order valence-electron chi connectivity index (χ0n) is 11.0. The molecule has 0 radical (unpaired) electrons. The van der Waals surface area contributed by atoms with E-state index < -0.39 is 34.6 Å². The monoisotopic (exact) mass is 306 g/mol. The summed E-state index contributed by atoms with van der Waals surface area (Å²) in [5.41, 5.74) is -0.418. The molecule has 1 fully saturated rings. The zero-order valence-corrected chi connectivity index (χ0v) is 11.0. The summed E-state index contributed by atoms with van der Waals surface area (Å²) in [5, 5.41) is 13.6. The molecule has 0 aliphatic heterocycles. The molecule has 116 valence electrons. The number of nitrogens with zero attached hydrogens (tertiary/aromatic N) is 1. The van der Waals surface area contributed by atoms with Crippen molar-refractivity contribution in [2.75, 3.05) is 5.32 Å². The Kier molecular flexibility index (Phi) is 4.34. The molecule has 1 saturated carbocycles. The summed E-state index contributed by atoms with van der Waals surface area (Å²) in [5.74, 6) is -2.16. The lowest BCUT2D eigenvalue weighted by molar-refractivity contribution is -0.384. The van der Waals surface area contributed by atoms with Crippen molar-refractivity contribution in [3.8, 4) is 0 Å². The lowest BCUT2D eigenvalue weighted by Gasteiger charge is -2.31. The Labute approximate surface area is 118 Å². The lowest BCUT2D eigenvalue weighted by Crippen LogP contribution is -2.34. The van der Waals surface area contributed by atoms with Gasteiger partial charge in [0.25, 0.3) is 5.69 Å². The maximum absolute atomic E-state index is 13.0. The molecule has 2 unspecified atom stereocenters. The average Bonchev–Trinajstić information content (AvgIpc) is 2.40. The molecule has 2 rings (SSSR count). The maximum atomic E-state index is 13.0. The van der Waals surface area contributed by atoms with Gasteiger partial charge >= 0.3 is 6.18 Å². The van der Waals surface area contributed by atoms with E-state index in [1.165, 1.54) is 6.07 Å². The molecule has 1 aliphatic carbocycles. The van der Waals surface area contributed by atoms with Crippen LogP contribution in [0.25, 0.3) is 0 Å². The minimum atomic E-state index is -4.25. The molecular formula is C13H14F4N2O2. The fourth-order valence-corrected chi connectivity index (χ4v) is 2.62. The third kappa shape index (κ3) is 3.83. The minimum Gasteiger partial charge on any atom is -0.377 e. The summed E-state index contributed by atoms with van der Waals surface area (Å²) >= 11 is 0. The van der Waals surface area contributed by atoms with Crippen LogP contribution < -0.4 is 5.32 Å². The topological polar surface area (TPSA) is 55.2 Å². The van der Waals surface area contributed by atoms with Crippen molar-refractivity contribution in [2.24, 2.45) is 5.92 Å². The fraction of sp³-hybridized carbons (Fsp3) is 0.538. The third-order valence-corrected chi connectivity index (χ3v) is 3.65. The van der Waals surface area contributed by atoms with Gasteiger partial charge < -0.3 is 5.32 Å². The second-order valence-corrected chi connectivity index (χ2v) is 5.16. The molecule has 0 saturated heterocycles. The van der Waals surface area contributed by atoms with Crippen LogP contribution in [0.1, 0.15) is 25.7 Å². The first kappa shape index (κ1) is 15.5. The first-order valence-corrected chi connectivity index (χ1v) is 6.54. The molecule has 21 heavy (non-hydrogen) atoms. The summed E-state index contributed by atoms with van der Waals surface area (Å²) in [4.78, 5) is 10.1. The number of hydrogen-bond acceptors (Lipinski definition) is 3. The van der Waals surface area contributed by atoms with E-state index in [2.05, 4.69) is 5.32 Å². The van der Waals surface area contributed by atoms with E-state index in [0.717, 1.165) is 12.1 Å². The lowest BCUT2D eigenvalue weighted by atomic mass is 9.85. The smallest absolute Gasteiger partial charge is 0.377 e. The van der Waals surface area contributed by atoms with Gasteiger partial charge in [0.05, 0.1) is 16.9 Å². The van der Waals surface area contributed by atoms with Crippen LogP contribution in [-0.2, 0) is 0 Å². The highest BCUT2D eigenvalue weighted by Gasteiger charge is 2.42. The Morgan fingerprint density at radius 2 is 2.00 bits per heavy atom. The Balaban J connectivity index is 2.13. The van der Waals surface area contributed by atoms with Crippen LogP contribution in [-0.4, -0.2) is 17.1 Å². The van der Waals surface area contributed by atoms with E-state index >= 15 is 0 Å². The Bertz CT molecular complexity index is 533. The van der Waals surface area contributed by atoms with Gasteiger partial charge in [0.1, 0.15) is 11.5 Å². The number of nitro benzene ring substituents is 1. The Morgan fingerprint density at radius 3 is 2.62 bits per heavy atom. The van der Waals surface area contributed by atoms with E-state index in [1.54, 1.807) is 0 Å². The molecule has 0 spiro atoms. The van der Waals surface area contributed by atoms with Crippen molar-refractivity contribution in [1.29, 1.82) is 0 Å². The summed E-state index contributed by atoms with van der Waals surface area (Å²) < 4.78 is 51.2. The van der Waals surface area contributed by atoms with Gasteiger partial charge in [-0.2, -0.15) is 13.2 Å². The average molecular weight is 306 g/mol. The quantitative estimate of drug-likeness (QED) is 0.515. The molecule has 1 aliphatic rings. The van der Waals surface area contributed by atoms with E-state index in [0.29, 0.717) is 12.8 Å². The van der Waals surface area contributed by atoms with E-state index in [9.17, 15) is 27.7 Å². The van der Waals surface area contributed by atoms with Gasteiger partial charge in [0.2, 0.25) is 0 Å². The summed E-state index contributed by atoms with van der Waals surface area (Å²) in [6.07, 6.45) is -3.40. The molecule has 1 aromatic rings. The third-order valence-electron chi connectivity index (χ3n) is 3.65. The summed E-state index contributed by atoms with van der Waals surface area (Å²) in [6, 6.07) is 2.48. The van der Waals surface area contributed by atoms with Gasteiger partial charge in [-0.25, -0.2) is 4.39 Å². The normalized spacial score (nSPS) is 22.9. The molecule has 4 nitrogen and oxygen atoms in total. The van der Waals surface area contributed by atoms with Crippen molar-refractivity contribution in [2.45, 2.75) is 37.9 Å². The van der Waals surface area contributed by atoms with Crippen LogP contribution in [0, 0.1) is 21.8 Å². The van der Waals surface area contributed by atoms with Crippen LogP contribution in [0.4, 0.5) is 28.9 Å². The highest BCUT2D eigenvalue weighted by molar-refractivity contribution is 5.61. The number of hydrogen-bond donors (Lipinski definition) is 1. The summed E-state index contributed by atoms with van der Waals surface area (Å²) in [7, 11) is 0. The van der Waals surface area contributed by atoms with Gasteiger partial charge in [-0.1, -0.05) is 6.42 Å². The van der Waals surface area contributed by atoms with Gasteiger partial charge in [-0.3, -0.25) is 10.1 Å². The number of nitro groups is 1. The number of nitrogens with one attached hydrogen (secondary N) is 1. The zero-order chi connectivity index (χ0) is 15.6. The van der Waals surface area contributed by atoms with Crippen LogP contribution in [0.3, 0.4) is 0 Å². The van der Waals surface area contributed by atoms with E-state index in [-0.39, 0.29) is 18.5 Å². The molecular weight excluding hydrogens is 292 g/mol. The summed E-state index contributed by atoms with van der Waals surface area (Å²) in [6.45, 7) is 0. The number of rotatable bonds is 3. The van der Waals surface area contributed by atoms with E-state index in [1.807, 2.05) is 0 Å². The molecule has 0 bridgehead atoms. The maximum Gasteiger partial charge on any atom is 0.391 e. The van der Waals surface area contributed by atoms with Crippen molar-refractivity contribution < 1.29 is 22.5 Å². The number of halogens is 4. The van der Waals surface area contributed by atoms with Crippen LogP contribution in [0.15, 0.2) is 18.2 Å². The Hall–Kier alpha value is -1.86. The number of alkyl halides is 3. The predicted octanol–water partition coefficient (Wildman–Crippen LogP) is 4.27. The van der Waals surface area contributed by atoms with Gasteiger partial charge in [-0.15, -0.1) is 0 Å².